The molecule has 0 spiro atoms. The fourth-order valence-electron chi connectivity index (χ4n) is 4.66. The summed E-state index contributed by atoms with van der Waals surface area (Å²) in [5.74, 6) is 0.918. The Hall–Kier alpha value is -4.66. The van der Waals surface area contributed by atoms with Crippen molar-refractivity contribution >= 4 is 29.2 Å². The highest BCUT2D eigenvalue weighted by Crippen LogP contribution is 2.41. The van der Waals surface area contributed by atoms with Gasteiger partial charge in [-0.1, -0.05) is 59.6 Å². The van der Waals surface area contributed by atoms with Crippen LogP contribution in [0.4, 0.5) is 0 Å². The summed E-state index contributed by atoms with van der Waals surface area (Å²) in [5.41, 5.74) is 4.92. The van der Waals surface area contributed by atoms with Crippen LogP contribution >= 0.6 is 23.2 Å². The number of benzene rings is 4. The van der Waals surface area contributed by atoms with Crippen molar-refractivity contribution in [1.29, 1.82) is 0 Å². The van der Waals surface area contributed by atoms with Crippen LogP contribution in [0.25, 0.3) is 22.5 Å². The molecule has 0 atom stereocenters. The summed E-state index contributed by atoms with van der Waals surface area (Å²) in [7, 11) is 0. The number of carboxylic acid groups (broad SMARTS) is 1. The third-order valence-corrected chi connectivity index (χ3v) is 7.37. The van der Waals surface area contributed by atoms with Crippen LogP contribution in [0.5, 0.6) is 23.0 Å². The normalized spacial score (nSPS) is 11.9. The highest BCUT2D eigenvalue weighted by molar-refractivity contribution is 6.42. The Balaban J connectivity index is 1.42. The Bertz CT molecular complexity index is 1760. The smallest absolute Gasteiger partial charge is 0.341 e. The van der Waals surface area contributed by atoms with E-state index in [1.165, 1.54) is 0 Å². The quantitative estimate of drug-likeness (QED) is 0.179. The van der Waals surface area contributed by atoms with Gasteiger partial charge in [0.05, 0.1) is 27.8 Å². The predicted octanol–water partition coefficient (Wildman–Crippen LogP) is 7.34. The van der Waals surface area contributed by atoms with Gasteiger partial charge >= 0.3 is 5.97 Å². The minimum absolute atomic E-state index is 0.159. The van der Waals surface area contributed by atoms with Crippen LogP contribution in [0.1, 0.15) is 11.1 Å². The molecule has 0 radical (unpaired) electrons. The van der Waals surface area contributed by atoms with Crippen molar-refractivity contribution in [3.8, 4) is 45.5 Å². The fraction of sp³-hybridized carbons (Fsp3) is 0.125. The molecule has 0 saturated carbocycles. The molecule has 10 heteroatoms. The summed E-state index contributed by atoms with van der Waals surface area (Å²) in [6, 6.07) is 26.2. The highest BCUT2D eigenvalue weighted by Gasteiger charge is 2.21. The van der Waals surface area contributed by atoms with Gasteiger partial charge in [0, 0.05) is 17.7 Å². The molecule has 0 aliphatic carbocycles. The predicted molar refractivity (Wildman–Crippen MR) is 159 cm³/mol. The number of halogens is 2. The third-order valence-electron chi connectivity index (χ3n) is 6.63. The largest absolute Gasteiger partial charge is 0.485 e. The SMILES string of the molecule is O=C(O)COc1cc(-c2c(-c3ccc4c(c3)OCO4)ncn2Cc2ccc(Cl)c(Cl)c2)ccc1OCc1ccccc1. The Kier molecular flexibility index (Phi) is 7.90. The van der Waals surface area contributed by atoms with E-state index in [4.69, 9.17) is 47.1 Å². The van der Waals surface area contributed by atoms with Crippen molar-refractivity contribution in [3.05, 3.63) is 112 Å². The van der Waals surface area contributed by atoms with Crippen LogP contribution in [0.3, 0.4) is 0 Å². The minimum Gasteiger partial charge on any atom is -0.485 e. The van der Waals surface area contributed by atoms with E-state index >= 15 is 0 Å². The van der Waals surface area contributed by atoms with E-state index in [-0.39, 0.29) is 6.79 Å². The number of aliphatic carboxylic acids is 1. The first kappa shape index (κ1) is 27.5. The van der Waals surface area contributed by atoms with E-state index in [0.717, 1.165) is 27.9 Å². The summed E-state index contributed by atoms with van der Waals surface area (Å²) in [5, 5.41) is 10.3. The van der Waals surface area contributed by atoms with Gasteiger partial charge in [-0.2, -0.15) is 0 Å². The summed E-state index contributed by atoms with van der Waals surface area (Å²) in [6.45, 7) is 0.373. The van der Waals surface area contributed by atoms with Crippen molar-refractivity contribution < 1.29 is 28.8 Å². The number of carboxylic acids is 1. The van der Waals surface area contributed by atoms with Crippen LogP contribution in [0.15, 0.2) is 91.3 Å². The molecule has 212 valence electrons. The molecule has 4 aromatic carbocycles. The van der Waals surface area contributed by atoms with Gasteiger partial charge < -0.3 is 28.6 Å². The average molecular weight is 603 g/mol. The van der Waals surface area contributed by atoms with E-state index in [9.17, 15) is 9.90 Å². The molecule has 8 nitrogen and oxygen atoms in total. The van der Waals surface area contributed by atoms with Gasteiger partial charge in [-0.15, -0.1) is 0 Å². The molecule has 0 unspecified atom stereocenters. The van der Waals surface area contributed by atoms with Crippen molar-refractivity contribution in [2.75, 3.05) is 13.4 Å². The van der Waals surface area contributed by atoms with Crippen molar-refractivity contribution in [3.63, 3.8) is 0 Å². The number of carbonyl (C=O) groups is 1. The second-order valence-electron chi connectivity index (χ2n) is 9.50. The lowest BCUT2D eigenvalue weighted by molar-refractivity contribution is -0.139. The van der Waals surface area contributed by atoms with Gasteiger partial charge in [0.2, 0.25) is 6.79 Å². The van der Waals surface area contributed by atoms with E-state index < -0.39 is 12.6 Å². The summed E-state index contributed by atoms with van der Waals surface area (Å²) < 4.78 is 24.8. The lowest BCUT2D eigenvalue weighted by Gasteiger charge is -2.16. The number of nitrogens with zero attached hydrogens (tertiary/aromatic N) is 2. The van der Waals surface area contributed by atoms with Crippen LogP contribution in [-0.4, -0.2) is 34.0 Å². The Labute approximate surface area is 251 Å². The second kappa shape index (κ2) is 12.1. The van der Waals surface area contributed by atoms with E-state index in [0.29, 0.717) is 51.9 Å². The summed E-state index contributed by atoms with van der Waals surface area (Å²) >= 11 is 12.5. The van der Waals surface area contributed by atoms with Gasteiger partial charge in [0.1, 0.15) is 6.61 Å². The zero-order valence-electron chi connectivity index (χ0n) is 22.1. The minimum atomic E-state index is -1.10. The van der Waals surface area contributed by atoms with Gasteiger partial charge in [0.15, 0.2) is 29.6 Å². The average Bonchev–Trinajstić information content (AvgIpc) is 3.64. The number of imidazole rings is 1. The Morgan fingerprint density at radius 3 is 2.45 bits per heavy atom. The number of ether oxygens (including phenoxy) is 4. The van der Waals surface area contributed by atoms with Crippen LogP contribution in [-0.2, 0) is 17.9 Å². The standard InChI is InChI=1S/C32H24Cl2N2O6/c33-24-9-6-21(12-25(24)34)15-36-18-35-31(22-7-10-27-29(13-22)42-19-41-27)32(36)23-8-11-26(28(14-23)40-17-30(37)38)39-16-20-4-2-1-3-5-20/h1-14,18H,15-17,19H2,(H,37,38). The molecule has 1 aliphatic rings. The fourth-order valence-corrected chi connectivity index (χ4v) is 4.98. The molecular formula is C32H24Cl2N2O6. The molecular weight excluding hydrogens is 579 g/mol. The molecule has 0 saturated heterocycles. The molecule has 1 aliphatic heterocycles. The molecule has 1 N–H and O–H groups in total. The number of fused-ring (bicyclic) bond motifs is 1. The van der Waals surface area contributed by atoms with Crippen LogP contribution < -0.4 is 18.9 Å². The molecule has 2 heterocycles. The number of hydrogen-bond acceptors (Lipinski definition) is 6. The molecule has 6 rings (SSSR count). The molecule has 5 aromatic rings. The Morgan fingerprint density at radius 2 is 1.64 bits per heavy atom. The lowest BCUT2D eigenvalue weighted by atomic mass is 10.0. The zero-order valence-corrected chi connectivity index (χ0v) is 23.6. The van der Waals surface area contributed by atoms with Gasteiger partial charge in [-0.3, -0.25) is 0 Å². The molecule has 0 fully saturated rings. The van der Waals surface area contributed by atoms with E-state index in [1.807, 2.05) is 71.3 Å². The van der Waals surface area contributed by atoms with Crippen molar-refractivity contribution in [2.24, 2.45) is 0 Å². The zero-order chi connectivity index (χ0) is 29.1. The monoisotopic (exact) mass is 602 g/mol. The van der Waals surface area contributed by atoms with Gasteiger partial charge in [0.25, 0.3) is 0 Å². The third kappa shape index (κ3) is 6.00. The summed E-state index contributed by atoms with van der Waals surface area (Å²) in [6.07, 6.45) is 1.75. The van der Waals surface area contributed by atoms with Gasteiger partial charge in [-0.25, -0.2) is 9.78 Å². The number of rotatable bonds is 10. The van der Waals surface area contributed by atoms with Crippen LogP contribution in [0, 0.1) is 0 Å². The highest BCUT2D eigenvalue weighted by atomic mass is 35.5. The van der Waals surface area contributed by atoms with Crippen LogP contribution in [0.2, 0.25) is 10.0 Å². The van der Waals surface area contributed by atoms with E-state index in [2.05, 4.69) is 0 Å². The molecule has 0 amide bonds. The maximum atomic E-state index is 11.4. The first-order valence-corrected chi connectivity index (χ1v) is 13.7. The Morgan fingerprint density at radius 1 is 0.833 bits per heavy atom. The summed E-state index contributed by atoms with van der Waals surface area (Å²) in [4.78, 5) is 16.2. The number of aromatic nitrogens is 2. The molecule has 42 heavy (non-hydrogen) atoms. The first-order chi connectivity index (χ1) is 20.4. The topological polar surface area (TPSA) is 92.0 Å². The molecule has 1 aromatic heterocycles. The first-order valence-electron chi connectivity index (χ1n) is 13.0. The maximum absolute atomic E-state index is 11.4. The van der Waals surface area contributed by atoms with E-state index in [1.54, 1.807) is 24.5 Å². The number of hydrogen-bond donors (Lipinski definition) is 1. The van der Waals surface area contributed by atoms with Gasteiger partial charge in [-0.05, 0) is 59.7 Å². The second-order valence-corrected chi connectivity index (χ2v) is 10.3. The van der Waals surface area contributed by atoms with Crippen molar-refractivity contribution in [1.82, 2.24) is 9.55 Å². The maximum Gasteiger partial charge on any atom is 0.341 e. The lowest BCUT2D eigenvalue weighted by Crippen LogP contribution is -2.10. The van der Waals surface area contributed by atoms with Crippen molar-refractivity contribution in [2.45, 2.75) is 13.2 Å². The molecule has 0 bridgehead atoms.